The van der Waals surface area contributed by atoms with Gasteiger partial charge in [-0.1, -0.05) is 179 Å². The van der Waals surface area contributed by atoms with Crippen LogP contribution in [0.25, 0.3) is 0 Å². The van der Waals surface area contributed by atoms with Crippen LogP contribution in [0.1, 0.15) is 67.6 Å². The Morgan fingerprint density at radius 3 is 1.24 bits per heavy atom. The molecule has 376 valence electrons. The molecule has 0 spiro atoms. The summed E-state index contributed by atoms with van der Waals surface area (Å²) in [6.45, 7) is 12.3. The van der Waals surface area contributed by atoms with Gasteiger partial charge in [-0.3, -0.25) is 0 Å². The Morgan fingerprint density at radius 1 is 0.423 bits per heavy atom. The number of hydrogen-bond acceptors (Lipinski definition) is 10. The van der Waals surface area contributed by atoms with Gasteiger partial charge >= 0.3 is 0 Å². The second-order valence-corrected chi connectivity index (χ2v) is 19.4. The van der Waals surface area contributed by atoms with Crippen LogP contribution in [0.4, 0.5) is 0 Å². The molecule has 1 aliphatic carbocycles. The van der Waals surface area contributed by atoms with E-state index >= 15 is 0 Å². The van der Waals surface area contributed by atoms with Crippen LogP contribution >= 0.6 is 0 Å². The first kappa shape index (κ1) is 52.2. The van der Waals surface area contributed by atoms with Gasteiger partial charge in [-0.05, 0) is 74.4 Å². The first-order valence-electron chi connectivity index (χ1n) is 25.0. The highest BCUT2D eigenvalue weighted by molar-refractivity contribution is 5.24. The molecule has 0 radical (unpaired) electrons. The van der Waals surface area contributed by atoms with Crippen LogP contribution in [-0.4, -0.2) is 80.6 Å². The van der Waals surface area contributed by atoms with Crippen molar-refractivity contribution in [2.75, 3.05) is 20.3 Å². The number of hydrogen-bond donors (Lipinski definition) is 1. The van der Waals surface area contributed by atoms with Crippen molar-refractivity contribution >= 4 is 0 Å². The second-order valence-electron chi connectivity index (χ2n) is 19.4. The fourth-order valence-electron chi connectivity index (χ4n) is 9.39. The molecule has 71 heavy (non-hydrogen) atoms. The van der Waals surface area contributed by atoms with Crippen LogP contribution < -0.4 is 0 Å². The number of aliphatic hydroxyl groups is 1. The van der Waals surface area contributed by atoms with Crippen molar-refractivity contribution in [1.29, 1.82) is 0 Å². The molecule has 6 aromatic carbocycles. The van der Waals surface area contributed by atoms with Gasteiger partial charge in [0.25, 0.3) is 0 Å². The smallest absolute Gasteiger partial charge is 0.186 e. The number of aliphatic hydroxyl groups excluding tert-OH is 1. The quantitative estimate of drug-likeness (QED) is 0.0668. The van der Waals surface area contributed by atoms with Crippen LogP contribution in [0, 0.1) is 40.5 Å². The largest absolute Gasteiger partial charge is 0.394 e. The molecule has 10 atom stereocenters. The lowest BCUT2D eigenvalue weighted by Crippen LogP contribution is -2.65. The summed E-state index contributed by atoms with van der Waals surface area (Å²) >= 11 is 0. The summed E-state index contributed by atoms with van der Waals surface area (Å²) in [5, 5.41) is 11.1. The summed E-state index contributed by atoms with van der Waals surface area (Å²) in [6.07, 6.45) is -6.02. The summed E-state index contributed by atoms with van der Waals surface area (Å²) in [5.41, 5.74) is 12.0. The molecule has 0 bridgehead atoms. The molecular formula is C61H72O10. The van der Waals surface area contributed by atoms with Crippen LogP contribution in [0.15, 0.2) is 152 Å². The minimum absolute atomic E-state index is 0.222. The SMILES string of the molecule is CO[C@H]1O[C@H](CO)[C@@H](OCc2ccccc2)[C@H](O[C@@H]2C[C@H](COCc3ccc(C)cc3)[C@@H](OCc3ccc(C)cc3)[C@H](OCc3ccc(C)cc3)[C@H]2OCc2ccc(C)cc2)[C@H]1OCc1ccc(C)cc1. The standard InChI is InChI=1S/C61H72O10/c1-41-12-22-47(23-13-41)34-64-40-52-32-53(70-59-57(67-35-46-10-8-7-9-11-46)54(33-62)71-61(63-6)60(59)69-39-51-30-20-45(5)21-31-51)56(66-37-49-26-16-43(3)17-27-49)58(68-38-50-28-18-44(4)19-29-50)55(52)65-36-48-24-14-42(2)15-25-48/h7-31,52-62H,32-40H2,1-6H3/t52-,53-,54-,55-,56+,57-,58+,59+,60-,61+/m1/s1. The molecule has 0 unspecified atom stereocenters. The molecule has 10 heteroatoms. The first-order chi connectivity index (χ1) is 34.6. The zero-order chi connectivity index (χ0) is 49.5. The Kier molecular flexibility index (Phi) is 19.2. The minimum Gasteiger partial charge on any atom is -0.394 e. The average molecular weight is 965 g/mol. The highest BCUT2D eigenvalue weighted by Crippen LogP contribution is 2.39. The maximum absolute atomic E-state index is 11.1. The molecule has 1 aliphatic heterocycles. The number of ether oxygens (including phenoxy) is 9. The summed E-state index contributed by atoms with van der Waals surface area (Å²) in [5.74, 6) is -0.222. The predicted molar refractivity (Wildman–Crippen MR) is 274 cm³/mol. The summed E-state index contributed by atoms with van der Waals surface area (Å²) < 4.78 is 62.1. The van der Waals surface area contributed by atoms with E-state index in [4.69, 9.17) is 42.6 Å². The minimum atomic E-state index is -0.900. The molecular weight excluding hydrogens is 893 g/mol. The molecule has 0 aromatic heterocycles. The Bertz CT molecular complexity index is 2460. The van der Waals surface area contributed by atoms with Crippen LogP contribution in [-0.2, 0) is 82.3 Å². The zero-order valence-electron chi connectivity index (χ0n) is 42.2. The van der Waals surface area contributed by atoms with Gasteiger partial charge in [-0.2, -0.15) is 0 Å². The van der Waals surface area contributed by atoms with E-state index < -0.39 is 55.1 Å². The number of methoxy groups -OCH3 is 1. The van der Waals surface area contributed by atoms with Crippen molar-refractivity contribution in [3.8, 4) is 0 Å². The topological polar surface area (TPSA) is 103 Å². The highest BCUT2D eigenvalue weighted by Gasteiger charge is 2.54. The lowest BCUT2D eigenvalue weighted by Gasteiger charge is -2.50. The Labute approximate surface area is 421 Å². The molecule has 1 saturated carbocycles. The van der Waals surface area contributed by atoms with Crippen LogP contribution in [0.5, 0.6) is 0 Å². The molecule has 2 aliphatic rings. The van der Waals surface area contributed by atoms with Gasteiger partial charge in [0.2, 0.25) is 0 Å². The van der Waals surface area contributed by atoms with Crippen molar-refractivity contribution in [2.45, 2.75) is 136 Å². The highest BCUT2D eigenvalue weighted by atomic mass is 16.7. The van der Waals surface area contributed by atoms with Gasteiger partial charge in [-0.25, -0.2) is 0 Å². The fourth-order valence-corrected chi connectivity index (χ4v) is 9.39. The van der Waals surface area contributed by atoms with Crippen molar-refractivity contribution in [3.63, 3.8) is 0 Å². The second kappa shape index (κ2) is 26.0. The molecule has 8 rings (SSSR count). The fraction of sp³-hybridized carbons (Fsp3) is 0.410. The number of rotatable bonds is 23. The van der Waals surface area contributed by atoms with Gasteiger partial charge in [0.1, 0.15) is 36.6 Å². The first-order valence-corrected chi connectivity index (χ1v) is 25.0. The summed E-state index contributed by atoms with van der Waals surface area (Å²) in [4.78, 5) is 0. The molecule has 1 N–H and O–H groups in total. The third-order valence-corrected chi connectivity index (χ3v) is 13.6. The van der Waals surface area contributed by atoms with Gasteiger partial charge < -0.3 is 47.7 Å². The van der Waals surface area contributed by atoms with E-state index in [0.717, 1.165) is 44.5 Å². The Balaban J connectivity index is 1.20. The van der Waals surface area contributed by atoms with Crippen LogP contribution in [0.2, 0.25) is 0 Å². The lowest BCUT2D eigenvalue weighted by atomic mass is 9.80. The third-order valence-electron chi connectivity index (χ3n) is 13.6. The summed E-state index contributed by atoms with van der Waals surface area (Å²) in [7, 11) is 1.59. The molecule has 10 nitrogen and oxygen atoms in total. The van der Waals surface area contributed by atoms with Gasteiger partial charge in [0, 0.05) is 13.0 Å². The molecule has 0 amide bonds. The number of aryl methyl sites for hydroxylation is 5. The van der Waals surface area contributed by atoms with E-state index in [2.05, 4.69) is 156 Å². The van der Waals surface area contributed by atoms with E-state index in [9.17, 15) is 5.11 Å². The Morgan fingerprint density at radius 2 is 0.803 bits per heavy atom. The van der Waals surface area contributed by atoms with Crippen molar-refractivity contribution in [3.05, 3.63) is 213 Å². The monoisotopic (exact) mass is 965 g/mol. The predicted octanol–water partition coefficient (Wildman–Crippen LogP) is 10.8. The zero-order valence-corrected chi connectivity index (χ0v) is 42.2. The van der Waals surface area contributed by atoms with E-state index in [0.29, 0.717) is 39.5 Å². The molecule has 1 heterocycles. The lowest BCUT2D eigenvalue weighted by molar-refractivity contribution is -0.336. The average Bonchev–Trinajstić information content (AvgIpc) is 3.39. The Hall–Kier alpha value is -5.08. The van der Waals surface area contributed by atoms with Gasteiger partial charge in [-0.15, -0.1) is 0 Å². The molecule has 6 aromatic rings. The molecule has 1 saturated heterocycles. The normalized spacial score (nSPS) is 24.5. The van der Waals surface area contributed by atoms with E-state index in [1.165, 1.54) is 16.7 Å². The maximum Gasteiger partial charge on any atom is 0.186 e. The van der Waals surface area contributed by atoms with Gasteiger partial charge in [0.15, 0.2) is 6.29 Å². The number of benzene rings is 6. The van der Waals surface area contributed by atoms with E-state index in [1.807, 2.05) is 30.3 Å². The van der Waals surface area contributed by atoms with E-state index in [1.54, 1.807) is 7.11 Å². The van der Waals surface area contributed by atoms with Gasteiger partial charge in [0.05, 0.1) is 65.1 Å². The van der Waals surface area contributed by atoms with Crippen molar-refractivity contribution < 1.29 is 47.7 Å². The van der Waals surface area contributed by atoms with Crippen molar-refractivity contribution in [1.82, 2.24) is 0 Å². The third kappa shape index (κ3) is 14.8. The van der Waals surface area contributed by atoms with Crippen molar-refractivity contribution in [2.24, 2.45) is 5.92 Å². The van der Waals surface area contributed by atoms with E-state index in [-0.39, 0.29) is 25.7 Å². The maximum atomic E-state index is 11.1. The summed E-state index contributed by atoms with van der Waals surface area (Å²) in [6, 6.07) is 51.9. The van der Waals surface area contributed by atoms with Crippen LogP contribution in [0.3, 0.4) is 0 Å². The molecule has 2 fully saturated rings.